The van der Waals surface area contributed by atoms with Crippen molar-refractivity contribution >= 4 is 11.9 Å². The first-order chi connectivity index (χ1) is 13.2. The van der Waals surface area contributed by atoms with E-state index < -0.39 is 0 Å². The Morgan fingerprint density at radius 2 is 1.89 bits per heavy atom. The van der Waals surface area contributed by atoms with Gasteiger partial charge in [-0.25, -0.2) is 9.97 Å². The molecule has 1 aliphatic rings. The fourth-order valence-corrected chi connectivity index (χ4v) is 3.13. The highest BCUT2D eigenvalue weighted by atomic mass is 16.5. The number of rotatable bonds is 7. The Morgan fingerprint density at radius 1 is 1.15 bits per heavy atom. The van der Waals surface area contributed by atoms with Crippen molar-refractivity contribution in [1.29, 1.82) is 0 Å². The van der Waals surface area contributed by atoms with E-state index in [-0.39, 0.29) is 5.91 Å². The smallest absolute Gasteiger partial charge is 0.272 e. The number of hydrogen-bond donors (Lipinski definition) is 1. The van der Waals surface area contributed by atoms with Gasteiger partial charge >= 0.3 is 0 Å². The summed E-state index contributed by atoms with van der Waals surface area (Å²) in [5, 5.41) is 3.09. The number of amides is 1. The van der Waals surface area contributed by atoms with Crippen molar-refractivity contribution in [3.8, 4) is 0 Å². The van der Waals surface area contributed by atoms with E-state index in [0.29, 0.717) is 37.9 Å². The van der Waals surface area contributed by atoms with Gasteiger partial charge in [-0.05, 0) is 18.6 Å². The summed E-state index contributed by atoms with van der Waals surface area (Å²) in [5.74, 6) is 0.438. The first-order valence-corrected chi connectivity index (χ1v) is 9.30. The summed E-state index contributed by atoms with van der Waals surface area (Å²) < 4.78 is 5.02. The first-order valence-electron chi connectivity index (χ1n) is 9.30. The van der Waals surface area contributed by atoms with Gasteiger partial charge < -0.3 is 15.0 Å². The van der Waals surface area contributed by atoms with Gasteiger partial charge in [0.25, 0.3) is 5.91 Å². The fourth-order valence-electron chi connectivity index (χ4n) is 3.13. The second kappa shape index (κ2) is 9.43. The molecule has 0 saturated carbocycles. The van der Waals surface area contributed by atoms with E-state index in [2.05, 4.69) is 44.5 Å². The van der Waals surface area contributed by atoms with Crippen LogP contribution < -0.4 is 5.32 Å². The molecule has 0 bridgehead atoms. The summed E-state index contributed by atoms with van der Waals surface area (Å²) in [6.07, 6.45) is 0. The van der Waals surface area contributed by atoms with Crippen LogP contribution in [0.15, 0.2) is 36.4 Å². The minimum Gasteiger partial charge on any atom is -0.383 e. The van der Waals surface area contributed by atoms with Gasteiger partial charge in [-0.15, -0.1) is 0 Å². The largest absolute Gasteiger partial charge is 0.383 e. The average Bonchev–Trinajstić information content (AvgIpc) is 2.69. The van der Waals surface area contributed by atoms with Gasteiger partial charge in [0.1, 0.15) is 5.69 Å². The van der Waals surface area contributed by atoms with Gasteiger partial charge in [-0.3, -0.25) is 9.69 Å². The van der Waals surface area contributed by atoms with Crippen molar-refractivity contribution < 1.29 is 9.53 Å². The van der Waals surface area contributed by atoms with Crippen molar-refractivity contribution in [2.24, 2.45) is 0 Å². The Kier molecular flexibility index (Phi) is 6.73. The molecule has 2 aromatic rings. The molecule has 7 heteroatoms. The lowest BCUT2D eigenvalue weighted by molar-refractivity contribution is 0.0622. The van der Waals surface area contributed by atoms with Gasteiger partial charge in [0.15, 0.2) is 0 Å². The van der Waals surface area contributed by atoms with E-state index in [1.54, 1.807) is 13.2 Å². The normalized spacial score (nSPS) is 15.0. The summed E-state index contributed by atoms with van der Waals surface area (Å²) >= 11 is 0. The van der Waals surface area contributed by atoms with E-state index in [0.717, 1.165) is 25.3 Å². The van der Waals surface area contributed by atoms with Crippen LogP contribution in [-0.4, -0.2) is 72.1 Å². The van der Waals surface area contributed by atoms with Gasteiger partial charge in [0.2, 0.25) is 5.95 Å². The Bertz CT molecular complexity index is 745. The molecule has 0 atom stereocenters. The summed E-state index contributed by atoms with van der Waals surface area (Å²) in [5.41, 5.74) is 2.52. The van der Waals surface area contributed by atoms with Gasteiger partial charge in [0, 0.05) is 52.1 Å². The summed E-state index contributed by atoms with van der Waals surface area (Å²) in [7, 11) is 1.64. The highest BCUT2D eigenvalue weighted by molar-refractivity contribution is 5.92. The molecule has 1 aromatic heterocycles. The van der Waals surface area contributed by atoms with Crippen LogP contribution in [0.5, 0.6) is 0 Å². The molecule has 27 heavy (non-hydrogen) atoms. The van der Waals surface area contributed by atoms with Crippen molar-refractivity contribution in [2.45, 2.75) is 13.5 Å². The highest BCUT2D eigenvalue weighted by Gasteiger charge is 2.23. The second-order valence-electron chi connectivity index (χ2n) is 6.69. The third-order valence-corrected chi connectivity index (χ3v) is 4.57. The van der Waals surface area contributed by atoms with Gasteiger partial charge in [0.05, 0.1) is 6.61 Å². The zero-order valence-corrected chi connectivity index (χ0v) is 16.0. The lowest BCUT2D eigenvalue weighted by Crippen LogP contribution is -2.48. The minimum atomic E-state index is -0.0327. The van der Waals surface area contributed by atoms with Crippen LogP contribution in [0.2, 0.25) is 0 Å². The predicted octanol–water partition coefficient (Wildman–Crippen LogP) is 1.80. The van der Waals surface area contributed by atoms with Crippen molar-refractivity contribution in [2.75, 3.05) is 51.8 Å². The topological polar surface area (TPSA) is 70.6 Å². The maximum absolute atomic E-state index is 12.9. The molecule has 1 aromatic carbocycles. The van der Waals surface area contributed by atoms with Crippen molar-refractivity contribution in [1.82, 2.24) is 19.8 Å². The third kappa shape index (κ3) is 5.48. The number of aryl methyl sites for hydroxylation is 1. The number of aromatic nitrogens is 2. The monoisotopic (exact) mass is 369 g/mol. The average molecular weight is 369 g/mol. The molecule has 144 valence electrons. The predicted molar refractivity (Wildman–Crippen MR) is 105 cm³/mol. The highest BCUT2D eigenvalue weighted by Crippen LogP contribution is 2.12. The first kappa shape index (κ1) is 19.3. The summed E-state index contributed by atoms with van der Waals surface area (Å²) in [6.45, 7) is 7.10. The molecule has 0 unspecified atom stereocenters. The summed E-state index contributed by atoms with van der Waals surface area (Å²) in [4.78, 5) is 25.8. The Balaban J connectivity index is 1.57. The fraction of sp³-hybridized carbons (Fsp3) is 0.450. The Morgan fingerprint density at radius 3 is 2.59 bits per heavy atom. The van der Waals surface area contributed by atoms with Crippen molar-refractivity contribution in [3.05, 3.63) is 53.3 Å². The molecule has 1 fully saturated rings. The SMILES string of the molecule is COCCNc1nc(C)cc(C(=O)N2CCN(Cc3ccccc3)CC2)n1. The Labute approximate surface area is 160 Å². The number of ether oxygens (including phenoxy) is 1. The van der Waals surface area contributed by atoms with E-state index in [4.69, 9.17) is 4.74 Å². The van der Waals surface area contributed by atoms with E-state index >= 15 is 0 Å². The van der Waals surface area contributed by atoms with E-state index in [9.17, 15) is 4.79 Å². The maximum atomic E-state index is 12.9. The number of benzene rings is 1. The van der Waals surface area contributed by atoms with Crippen LogP contribution in [0.3, 0.4) is 0 Å². The zero-order chi connectivity index (χ0) is 19.1. The molecule has 0 aliphatic carbocycles. The molecule has 0 spiro atoms. The van der Waals surface area contributed by atoms with Crippen LogP contribution in [0.1, 0.15) is 21.7 Å². The maximum Gasteiger partial charge on any atom is 0.272 e. The molecule has 1 amide bonds. The molecule has 1 saturated heterocycles. The van der Waals surface area contributed by atoms with Crippen LogP contribution in [0.25, 0.3) is 0 Å². The zero-order valence-electron chi connectivity index (χ0n) is 16.0. The summed E-state index contributed by atoms with van der Waals surface area (Å²) in [6, 6.07) is 12.2. The molecule has 7 nitrogen and oxygen atoms in total. The van der Waals surface area contributed by atoms with Crippen LogP contribution in [-0.2, 0) is 11.3 Å². The number of nitrogens with zero attached hydrogens (tertiary/aromatic N) is 4. The molecular formula is C20H27N5O2. The van der Waals surface area contributed by atoms with Crippen LogP contribution in [0.4, 0.5) is 5.95 Å². The van der Waals surface area contributed by atoms with Crippen LogP contribution >= 0.6 is 0 Å². The number of piperazine rings is 1. The molecule has 1 aliphatic heterocycles. The Hall–Kier alpha value is -2.51. The molecular weight excluding hydrogens is 342 g/mol. The quantitative estimate of drug-likeness (QED) is 0.751. The molecule has 2 heterocycles. The molecule has 3 rings (SSSR count). The van der Waals surface area contributed by atoms with Crippen molar-refractivity contribution in [3.63, 3.8) is 0 Å². The third-order valence-electron chi connectivity index (χ3n) is 4.57. The molecule has 1 N–H and O–H groups in total. The molecule has 0 radical (unpaired) electrons. The van der Waals surface area contributed by atoms with Gasteiger partial charge in [-0.1, -0.05) is 30.3 Å². The number of hydrogen-bond acceptors (Lipinski definition) is 6. The van der Waals surface area contributed by atoms with E-state index in [1.807, 2.05) is 17.9 Å². The number of carbonyl (C=O) groups is 1. The number of carbonyl (C=O) groups excluding carboxylic acids is 1. The lowest BCUT2D eigenvalue weighted by Gasteiger charge is -2.34. The number of anilines is 1. The van der Waals surface area contributed by atoms with E-state index in [1.165, 1.54) is 5.56 Å². The minimum absolute atomic E-state index is 0.0327. The lowest BCUT2D eigenvalue weighted by atomic mass is 10.2. The number of methoxy groups -OCH3 is 1. The second-order valence-corrected chi connectivity index (χ2v) is 6.69. The number of nitrogens with one attached hydrogen (secondary N) is 1. The van der Waals surface area contributed by atoms with Gasteiger partial charge in [-0.2, -0.15) is 0 Å². The standard InChI is InChI=1S/C20H27N5O2/c1-16-14-18(23-20(22-16)21-8-13-27-2)19(26)25-11-9-24(10-12-25)15-17-6-4-3-5-7-17/h3-7,14H,8-13,15H2,1-2H3,(H,21,22,23). The van der Waals surface area contributed by atoms with Crippen LogP contribution in [0, 0.1) is 6.92 Å².